The van der Waals surface area contributed by atoms with E-state index in [4.69, 9.17) is 5.73 Å². The van der Waals surface area contributed by atoms with Crippen molar-refractivity contribution in [2.75, 3.05) is 40.3 Å². The molecule has 1 saturated heterocycles. The molecular formula is C26H39N5O3. The van der Waals surface area contributed by atoms with Crippen LogP contribution in [0.4, 0.5) is 4.79 Å². The Morgan fingerprint density at radius 3 is 2.24 bits per heavy atom. The molecule has 1 heterocycles. The zero-order valence-electron chi connectivity index (χ0n) is 20.8. The Kier molecular flexibility index (Phi) is 6.64. The van der Waals surface area contributed by atoms with Gasteiger partial charge in [-0.05, 0) is 63.6 Å². The van der Waals surface area contributed by atoms with Crippen LogP contribution in [0.2, 0.25) is 0 Å². The fraction of sp³-hybridized carbons (Fsp3) is 0.654. The van der Waals surface area contributed by atoms with Gasteiger partial charge in [-0.15, -0.1) is 0 Å². The van der Waals surface area contributed by atoms with E-state index in [2.05, 4.69) is 66.5 Å². The molecule has 0 unspecified atom stereocenters. The highest BCUT2D eigenvalue weighted by molar-refractivity contribution is 5.88. The molecule has 186 valence electrons. The first-order valence-electron chi connectivity index (χ1n) is 12.4. The minimum atomic E-state index is -0.592. The molecule has 2 saturated carbocycles. The maximum atomic E-state index is 13.6. The molecular weight excluding hydrogens is 430 g/mol. The van der Waals surface area contributed by atoms with Crippen molar-refractivity contribution in [3.8, 4) is 0 Å². The minimum absolute atomic E-state index is 0.0431. The molecule has 0 atom stereocenters. The number of rotatable bonds is 8. The Morgan fingerprint density at radius 2 is 1.71 bits per heavy atom. The van der Waals surface area contributed by atoms with Crippen LogP contribution < -0.4 is 11.1 Å². The molecule has 8 nitrogen and oxygen atoms in total. The van der Waals surface area contributed by atoms with Crippen LogP contribution in [0.5, 0.6) is 0 Å². The topological polar surface area (TPSA) is 99.0 Å². The summed E-state index contributed by atoms with van der Waals surface area (Å²) in [5.41, 5.74) is 6.30. The molecule has 1 aromatic carbocycles. The first kappa shape index (κ1) is 24.5. The number of benzene rings is 1. The summed E-state index contributed by atoms with van der Waals surface area (Å²) >= 11 is 0. The van der Waals surface area contributed by atoms with E-state index in [1.807, 2.05) is 0 Å². The van der Waals surface area contributed by atoms with Gasteiger partial charge >= 0.3 is 6.03 Å². The summed E-state index contributed by atoms with van der Waals surface area (Å²) in [6.07, 6.45) is 7.17. The average Bonchev–Trinajstić information content (AvgIpc) is 3.03. The SMILES string of the molecule is CN(C)C1(c2ccccc2)CCC2(CC1)CN(CC(=O)NCC(N)=O)C(=O)N2CC1(C)CCC1. The molecule has 0 bridgehead atoms. The molecule has 3 aliphatic rings. The predicted octanol–water partition coefficient (Wildman–Crippen LogP) is 2.29. The van der Waals surface area contributed by atoms with Gasteiger partial charge in [0.2, 0.25) is 11.8 Å². The van der Waals surface area contributed by atoms with E-state index in [1.165, 1.54) is 12.0 Å². The molecule has 1 spiro atoms. The Bertz CT molecular complexity index is 920. The number of nitrogens with zero attached hydrogens (tertiary/aromatic N) is 3. The summed E-state index contributed by atoms with van der Waals surface area (Å²) in [5.74, 6) is -0.938. The quantitative estimate of drug-likeness (QED) is 0.610. The van der Waals surface area contributed by atoms with E-state index in [-0.39, 0.29) is 41.5 Å². The zero-order chi connectivity index (χ0) is 24.6. The van der Waals surface area contributed by atoms with Crippen LogP contribution in [-0.2, 0) is 15.1 Å². The molecule has 0 radical (unpaired) electrons. The maximum absolute atomic E-state index is 13.6. The average molecular weight is 470 g/mol. The summed E-state index contributed by atoms with van der Waals surface area (Å²) < 4.78 is 0. The largest absolute Gasteiger partial charge is 0.368 e. The predicted molar refractivity (Wildman–Crippen MR) is 131 cm³/mol. The van der Waals surface area contributed by atoms with Gasteiger partial charge in [-0.25, -0.2) is 4.79 Å². The first-order chi connectivity index (χ1) is 16.1. The minimum Gasteiger partial charge on any atom is -0.368 e. The second kappa shape index (κ2) is 9.21. The van der Waals surface area contributed by atoms with E-state index in [9.17, 15) is 14.4 Å². The van der Waals surface area contributed by atoms with Gasteiger partial charge in [0.05, 0.1) is 12.1 Å². The summed E-state index contributed by atoms with van der Waals surface area (Å²) in [4.78, 5) is 43.2. The number of primary amides is 1. The summed E-state index contributed by atoms with van der Waals surface area (Å²) in [6.45, 7) is 3.31. The summed E-state index contributed by atoms with van der Waals surface area (Å²) in [7, 11) is 4.29. The van der Waals surface area contributed by atoms with Crippen LogP contribution in [0.25, 0.3) is 0 Å². The van der Waals surface area contributed by atoms with Gasteiger partial charge in [0.1, 0.15) is 6.54 Å². The van der Waals surface area contributed by atoms with Gasteiger partial charge in [0.15, 0.2) is 0 Å². The number of nitrogens with one attached hydrogen (secondary N) is 1. The number of hydrogen-bond acceptors (Lipinski definition) is 4. The molecule has 0 aromatic heterocycles. The van der Waals surface area contributed by atoms with Gasteiger partial charge in [-0.1, -0.05) is 43.7 Å². The Morgan fingerprint density at radius 1 is 1.06 bits per heavy atom. The molecule has 2 aliphatic carbocycles. The number of carbonyl (C=O) groups is 3. The van der Waals surface area contributed by atoms with Crippen LogP contribution in [0.3, 0.4) is 0 Å². The Labute approximate surface area is 202 Å². The molecule has 3 N–H and O–H groups in total. The van der Waals surface area contributed by atoms with Crippen molar-refractivity contribution in [2.24, 2.45) is 11.1 Å². The Balaban J connectivity index is 1.56. The standard InChI is InChI=1S/C26H39N5O3/c1-24(10-7-11-24)18-31-23(34)30(17-22(33)28-16-21(27)32)19-25(31)12-14-26(15-13-25,29(2)3)20-8-5-4-6-9-20/h4-6,8-9H,7,10-19H2,1-3H3,(H2,27,32)(H,28,33). The van der Waals surface area contributed by atoms with Crippen LogP contribution in [0, 0.1) is 5.41 Å². The van der Waals surface area contributed by atoms with Gasteiger partial charge in [0.25, 0.3) is 0 Å². The number of urea groups is 1. The van der Waals surface area contributed by atoms with Gasteiger partial charge < -0.3 is 20.9 Å². The van der Waals surface area contributed by atoms with E-state index >= 15 is 0 Å². The second-order valence-corrected chi connectivity index (χ2v) is 11.1. The van der Waals surface area contributed by atoms with E-state index < -0.39 is 5.91 Å². The molecule has 34 heavy (non-hydrogen) atoms. The normalized spacial score (nSPS) is 28.3. The third-order valence-corrected chi connectivity index (χ3v) is 8.63. The smallest absolute Gasteiger partial charge is 0.321 e. The fourth-order valence-corrected chi connectivity index (χ4v) is 6.28. The van der Waals surface area contributed by atoms with Gasteiger partial charge in [-0.3, -0.25) is 14.5 Å². The number of hydrogen-bond donors (Lipinski definition) is 2. The van der Waals surface area contributed by atoms with Crippen molar-refractivity contribution >= 4 is 17.8 Å². The summed E-state index contributed by atoms with van der Waals surface area (Å²) in [6, 6.07) is 10.6. The van der Waals surface area contributed by atoms with E-state index in [0.717, 1.165) is 45.1 Å². The highest BCUT2D eigenvalue weighted by atomic mass is 16.2. The van der Waals surface area contributed by atoms with Crippen molar-refractivity contribution in [2.45, 2.75) is 62.9 Å². The fourth-order valence-electron chi connectivity index (χ4n) is 6.28. The lowest BCUT2D eigenvalue weighted by molar-refractivity contribution is -0.125. The molecule has 8 heteroatoms. The van der Waals surface area contributed by atoms with E-state index in [1.54, 1.807) is 4.90 Å². The third-order valence-electron chi connectivity index (χ3n) is 8.63. The lowest BCUT2D eigenvalue weighted by atomic mass is 9.66. The monoisotopic (exact) mass is 469 g/mol. The van der Waals surface area contributed by atoms with E-state index in [0.29, 0.717) is 6.54 Å². The molecule has 4 rings (SSSR count). The second-order valence-electron chi connectivity index (χ2n) is 11.1. The number of carbonyl (C=O) groups excluding carboxylic acids is 3. The number of nitrogens with two attached hydrogens (primary N) is 1. The zero-order valence-corrected chi connectivity index (χ0v) is 20.8. The molecule has 1 aliphatic heterocycles. The van der Waals surface area contributed by atoms with Crippen LogP contribution in [0.15, 0.2) is 30.3 Å². The highest BCUT2D eigenvalue weighted by Crippen LogP contribution is 2.51. The van der Waals surface area contributed by atoms with Crippen molar-refractivity contribution in [3.63, 3.8) is 0 Å². The summed E-state index contributed by atoms with van der Waals surface area (Å²) in [5, 5.41) is 2.52. The lowest BCUT2D eigenvalue weighted by Crippen LogP contribution is -2.57. The highest BCUT2D eigenvalue weighted by Gasteiger charge is 2.56. The first-order valence-corrected chi connectivity index (χ1v) is 12.4. The molecule has 4 amide bonds. The van der Waals surface area contributed by atoms with Crippen molar-refractivity contribution < 1.29 is 14.4 Å². The maximum Gasteiger partial charge on any atom is 0.321 e. The van der Waals surface area contributed by atoms with Gasteiger partial charge in [-0.2, -0.15) is 0 Å². The van der Waals surface area contributed by atoms with Gasteiger partial charge in [0, 0.05) is 18.6 Å². The lowest BCUT2D eigenvalue weighted by Gasteiger charge is -2.53. The van der Waals surface area contributed by atoms with Crippen molar-refractivity contribution in [1.82, 2.24) is 20.0 Å². The van der Waals surface area contributed by atoms with Crippen LogP contribution >= 0.6 is 0 Å². The van der Waals surface area contributed by atoms with Crippen LogP contribution in [0.1, 0.15) is 57.4 Å². The Hall–Kier alpha value is -2.61. The third kappa shape index (κ3) is 4.52. The van der Waals surface area contributed by atoms with Crippen molar-refractivity contribution in [1.29, 1.82) is 0 Å². The number of amides is 4. The molecule has 3 fully saturated rings. The molecule has 1 aromatic rings. The van der Waals surface area contributed by atoms with Crippen LogP contribution in [-0.4, -0.2) is 78.4 Å². The van der Waals surface area contributed by atoms with Crippen molar-refractivity contribution in [3.05, 3.63) is 35.9 Å².